The lowest BCUT2D eigenvalue weighted by molar-refractivity contribution is -0.385. The number of halogens is 1. The number of nitrogens with zero attached hydrogens (tertiary/aromatic N) is 1. The minimum Gasteiger partial charge on any atom is -0.396 e. The summed E-state index contributed by atoms with van der Waals surface area (Å²) >= 11 is 0. The van der Waals surface area contributed by atoms with Gasteiger partial charge in [-0.05, 0) is 18.9 Å². The van der Waals surface area contributed by atoms with Gasteiger partial charge in [0.1, 0.15) is 5.56 Å². The van der Waals surface area contributed by atoms with Gasteiger partial charge in [0.2, 0.25) is 0 Å². The van der Waals surface area contributed by atoms with E-state index in [-0.39, 0.29) is 17.3 Å². The van der Waals surface area contributed by atoms with E-state index in [4.69, 9.17) is 5.73 Å². The summed E-state index contributed by atoms with van der Waals surface area (Å²) in [6.07, 6.45) is 3.77. The Labute approximate surface area is 108 Å². The summed E-state index contributed by atoms with van der Waals surface area (Å²) in [6.45, 7) is 0. The zero-order valence-corrected chi connectivity index (χ0v) is 10.2. The second-order valence-corrected chi connectivity index (χ2v) is 4.60. The SMILES string of the molecule is Nc1cc(C(=O)NC2CCCC2)c([N+](=O)[O-])cc1F. The van der Waals surface area contributed by atoms with Crippen LogP contribution in [0.25, 0.3) is 0 Å². The largest absolute Gasteiger partial charge is 0.396 e. The highest BCUT2D eigenvalue weighted by Gasteiger charge is 2.25. The van der Waals surface area contributed by atoms with Gasteiger partial charge < -0.3 is 11.1 Å². The molecule has 7 heteroatoms. The zero-order chi connectivity index (χ0) is 14.0. The second-order valence-electron chi connectivity index (χ2n) is 4.60. The van der Waals surface area contributed by atoms with Crippen LogP contribution in [0.15, 0.2) is 12.1 Å². The highest BCUT2D eigenvalue weighted by Crippen LogP contribution is 2.25. The molecule has 1 aromatic rings. The first-order chi connectivity index (χ1) is 8.99. The van der Waals surface area contributed by atoms with E-state index >= 15 is 0 Å². The molecule has 1 aliphatic carbocycles. The molecule has 1 aromatic carbocycles. The molecule has 6 nitrogen and oxygen atoms in total. The van der Waals surface area contributed by atoms with E-state index in [1.54, 1.807) is 0 Å². The first-order valence-corrected chi connectivity index (χ1v) is 6.03. The molecular formula is C12H14FN3O3. The summed E-state index contributed by atoms with van der Waals surface area (Å²) < 4.78 is 13.2. The Balaban J connectivity index is 2.28. The standard InChI is InChI=1S/C12H14FN3O3/c13-9-6-11(16(18)19)8(5-10(9)14)12(17)15-7-3-1-2-4-7/h5-7H,1-4,14H2,(H,15,17). The normalized spacial score (nSPS) is 15.4. The number of rotatable bonds is 3. The van der Waals surface area contributed by atoms with Crippen molar-refractivity contribution in [3.05, 3.63) is 33.6 Å². The van der Waals surface area contributed by atoms with Gasteiger partial charge in [-0.15, -0.1) is 0 Å². The molecule has 1 saturated carbocycles. The molecule has 3 N–H and O–H groups in total. The molecule has 1 aliphatic rings. The average Bonchev–Trinajstić information content (AvgIpc) is 2.84. The van der Waals surface area contributed by atoms with Gasteiger partial charge in [-0.2, -0.15) is 0 Å². The van der Waals surface area contributed by atoms with Crippen LogP contribution in [0.4, 0.5) is 15.8 Å². The Bertz CT molecular complexity index is 527. The van der Waals surface area contributed by atoms with Crippen molar-refractivity contribution in [1.82, 2.24) is 5.32 Å². The Morgan fingerprint density at radius 2 is 2.05 bits per heavy atom. The minimum absolute atomic E-state index is 0.0263. The summed E-state index contributed by atoms with van der Waals surface area (Å²) in [4.78, 5) is 22.1. The Morgan fingerprint density at radius 3 is 2.63 bits per heavy atom. The van der Waals surface area contributed by atoms with Gasteiger partial charge in [0.15, 0.2) is 5.82 Å². The number of hydrogen-bond donors (Lipinski definition) is 2. The maximum Gasteiger partial charge on any atom is 0.285 e. The van der Waals surface area contributed by atoms with E-state index < -0.39 is 22.3 Å². The third kappa shape index (κ3) is 2.81. The number of carbonyl (C=O) groups is 1. The number of nitrogens with one attached hydrogen (secondary N) is 1. The number of nitro benzene ring substituents is 1. The lowest BCUT2D eigenvalue weighted by Crippen LogP contribution is -2.33. The summed E-state index contributed by atoms with van der Waals surface area (Å²) in [5.41, 5.74) is 4.32. The van der Waals surface area contributed by atoms with Crippen LogP contribution in [0.1, 0.15) is 36.0 Å². The van der Waals surface area contributed by atoms with E-state index in [9.17, 15) is 19.3 Å². The number of nitro groups is 1. The van der Waals surface area contributed by atoms with Crippen LogP contribution in [0.3, 0.4) is 0 Å². The monoisotopic (exact) mass is 267 g/mol. The Hall–Kier alpha value is -2.18. The topological polar surface area (TPSA) is 98.3 Å². The smallest absolute Gasteiger partial charge is 0.285 e. The Kier molecular flexibility index (Phi) is 3.64. The van der Waals surface area contributed by atoms with Crippen LogP contribution in [0.2, 0.25) is 0 Å². The summed E-state index contributed by atoms with van der Waals surface area (Å²) in [5.74, 6) is -1.48. The zero-order valence-electron chi connectivity index (χ0n) is 10.2. The Morgan fingerprint density at radius 1 is 1.42 bits per heavy atom. The molecule has 1 amide bonds. The number of carbonyl (C=O) groups excluding carboxylic acids is 1. The molecule has 0 aromatic heterocycles. The first-order valence-electron chi connectivity index (χ1n) is 6.03. The predicted octanol–water partition coefficient (Wildman–Crippen LogP) is 1.99. The third-order valence-corrected chi connectivity index (χ3v) is 3.25. The van der Waals surface area contributed by atoms with Gasteiger partial charge in [-0.1, -0.05) is 12.8 Å². The first kappa shape index (κ1) is 13.3. The fraction of sp³-hybridized carbons (Fsp3) is 0.417. The van der Waals surface area contributed by atoms with Crippen LogP contribution in [-0.4, -0.2) is 16.9 Å². The summed E-state index contributed by atoms with van der Waals surface area (Å²) in [6, 6.07) is 1.72. The van der Waals surface area contributed by atoms with Crippen LogP contribution in [-0.2, 0) is 0 Å². The molecule has 0 radical (unpaired) electrons. The van der Waals surface area contributed by atoms with Crippen molar-refractivity contribution in [3.8, 4) is 0 Å². The lowest BCUT2D eigenvalue weighted by atomic mass is 10.1. The molecule has 0 saturated heterocycles. The van der Waals surface area contributed by atoms with E-state index in [0.29, 0.717) is 6.07 Å². The van der Waals surface area contributed by atoms with Crippen molar-refractivity contribution >= 4 is 17.3 Å². The van der Waals surface area contributed by atoms with Crippen molar-refractivity contribution in [1.29, 1.82) is 0 Å². The van der Waals surface area contributed by atoms with Gasteiger partial charge in [0.05, 0.1) is 16.7 Å². The second kappa shape index (κ2) is 5.21. The molecule has 0 unspecified atom stereocenters. The fourth-order valence-corrected chi connectivity index (χ4v) is 2.25. The molecule has 0 aliphatic heterocycles. The summed E-state index contributed by atoms with van der Waals surface area (Å²) in [7, 11) is 0. The maximum absolute atomic E-state index is 13.2. The van der Waals surface area contributed by atoms with E-state index in [0.717, 1.165) is 31.7 Å². The number of hydrogen-bond acceptors (Lipinski definition) is 4. The molecule has 2 rings (SSSR count). The van der Waals surface area contributed by atoms with Crippen molar-refractivity contribution in [3.63, 3.8) is 0 Å². The van der Waals surface area contributed by atoms with Gasteiger partial charge in [0.25, 0.3) is 11.6 Å². The van der Waals surface area contributed by atoms with Gasteiger partial charge in [-0.3, -0.25) is 14.9 Å². The van der Waals surface area contributed by atoms with Crippen LogP contribution < -0.4 is 11.1 Å². The number of nitrogens with two attached hydrogens (primary N) is 1. The number of benzene rings is 1. The number of nitrogen functional groups attached to an aromatic ring is 1. The van der Waals surface area contributed by atoms with E-state index in [1.165, 1.54) is 0 Å². The fourth-order valence-electron chi connectivity index (χ4n) is 2.25. The number of amides is 1. The molecule has 0 spiro atoms. The highest BCUT2D eigenvalue weighted by molar-refractivity contribution is 5.99. The van der Waals surface area contributed by atoms with Crippen LogP contribution >= 0.6 is 0 Å². The maximum atomic E-state index is 13.2. The van der Waals surface area contributed by atoms with Gasteiger partial charge in [-0.25, -0.2) is 4.39 Å². The summed E-state index contributed by atoms with van der Waals surface area (Å²) in [5, 5.41) is 13.6. The molecular weight excluding hydrogens is 253 g/mol. The third-order valence-electron chi connectivity index (χ3n) is 3.25. The quantitative estimate of drug-likeness (QED) is 0.497. The van der Waals surface area contributed by atoms with Crippen molar-refractivity contribution in [2.45, 2.75) is 31.7 Å². The highest BCUT2D eigenvalue weighted by atomic mass is 19.1. The van der Waals surface area contributed by atoms with Crippen LogP contribution in [0.5, 0.6) is 0 Å². The van der Waals surface area contributed by atoms with E-state index in [1.807, 2.05) is 0 Å². The average molecular weight is 267 g/mol. The van der Waals surface area contributed by atoms with Gasteiger partial charge in [0, 0.05) is 6.04 Å². The van der Waals surface area contributed by atoms with E-state index in [2.05, 4.69) is 5.32 Å². The van der Waals surface area contributed by atoms with Gasteiger partial charge >= 0.3 is 0 Å². The lowest BCUT2D eigenvalue weighted by Gasteiger charge is -2.12. The molecule has 1 fully saturated rings. The molecule has 0 bridgehead atoms. The molecule has 0 atom stereocenters. The molecule has 102 valence electrons. The van der Waals surface area contributed by atoms with Crippen molar-refractivity contribution in [2.75, 3.05) is 5.73 Å². The molecule has 0 heterocycles. The minimum atomic E-state index is -0.899. The van der Waals surface area contributed by atoms with Crippen molar-refractivity contribution < 1.29 is 14.1 Å². The molecule has 19 heavy (non-hydrogen) atoms. The van der Waals surface area contributed by atoms with Crippen molar-refractivity contribution in [2.24, 2.45) is 0 Å². The van der Waals surface area contributed by atoms with Crippen LogP contribution in [0, 0.1) is 15.9 Å². The predicted molar refractivity (Wildman–Crippen MR) is 67.2 cm³/mol. The number of anilines is 1.